The van der Waals surface area contributed by atoms with Gasteiger partial charge in [-0.1, -0.05) is 0 Å². The maximum atomic E-state index is 9.82. The summed E-state index contributed by atoms with van der Waals surface area (Å²) in [4.78, 5) is 9.82. The molecular weight excluding hydrogens is 160 g/mol. The van der Waals surface area contributed by atoms with Gasteiger partial charge in [0, 0.05) is 20.1 Å². The molecule has 0 aromatic heterocycles. The summed E-state index contributed by atoms with van der Waals surface area (Å²) in [6.07, 6.45) is 1.44. The van der Waals surface area contributed by atoms with E-state index in [0.717, 1.165) is 12.8 Å². The summed E-state index contributed by atoms with van der Waals surface area (Å²) in [5.41, 5.74) is 0. The van der Waals surface area contributed by atoms with E-state index in [1.807, 2.05) is 0 Å². The zero-order valence-electron chi connectivity index (χ0n) is 7.75. The van der Waals surface area contributed by atoms with E-state index in [4.69, 9.17) is 10.2 Å². The van der Waals surface area contributed by atoms with Crippen molar-refractivity contribution in [1.29, 1.82) is 0 Å². The first-order valence-corrected chi connectivity index (χ1v) is 4.04. The number of esters is 1. The second-order valence-electron chi connectivity index (χ2n) is 2.08. The molecule has 0 atom stereocenters. The van der Waals surface area contributed by atoms with Gasteiger partial charge in [0.25, 0.3) is 0 Å². The molecule has 0 heterocycles. The molecule has 0 aliphatic carbocycles. The molecule has 0 aliphatic heterocycles. The third-order valence-electron chi connectivity index (χ3n) is 0.914. The molecule has 0 saturated carbocycles. The van der Waals surface area contributed by atoms with Gasteiger partial charge in [0.05, 0.1) is 6.61 Å². The number of hydrogen-bond donors (Lipinski definition) is 2. The molecule has 0 amide bonds. The molecule has 0 saturated heterocycles. The van der Waals surface area contributed by atoms with Gasteiger partial charge in [-0.3, -0.25) is 4.79 Å². The van der Waals surface area contributed by atoms with Crippen molar-refractivity contribution in [3.05, 3.63) is 0 Å². The van der Waals surface area contributed by atoms with Gasteiger partial charge in [0.15, 0.2) is 0 Å². The third-order valence-corrected chi connectivity index (χ3v) is 0.914. The molecule has 0 fully saturated rings. The van der Waals surface area contributed by atoms with Crippen molar-refractivity contribution < 1.29 is 19.7 Å². The summed E-state index contributed by atoms with van der Waals surface area (Å²) >= 11 is 0. The van der Waals surface area contributed by atoms with Crippen LogP contribution in [-0.4, -0.2) is 36.0 Å². The highest BCUT2D eigenvalue weighted by atomic mass is 16.5. The molecule has 12 heavy (non-hydrogen) atoms. The molecule has 4 nitrogen and oxygen atoms in total. The number of aliphatic hydroxyl groups excluding tert-OH is 2. The Hall–Kier alpha value is -0.610. The van der Waals surface area contributed by atoms with E-state index < -0.39 is 0 Å². The molecule has 0 unspecified atom stereocenters. The fourth-order valence-corrected chi connectivity index (χ4v) is 0.427. The number of carbonyl (C=O) groups is 1. The summed E-state index contributed by atoms with van der Waals surface area (Å²) in [5, 5.41) is 16.2. The first-order valence-electron chi connectivity index (χ1n) is 4.04. The second-order valence-corrected chi connectivity index (χ2v) is 2.08. The molecular formula is C8H18O4. The minimum atomic E-state index is -0.211. The third kappa shape index (κ3) is 22.8. The zero-order valence-corrected chi connectivity index (χ0v) is 7.75. The van der Waals surface area contributed by atoms with Crippen molar-refractivity contribution in [2.75, 3.05) is 19.8 Å². The predicted molar refractivity (Wildman–Crippen MR) is 45.7 cm³/mol. The van der Waals surface area contributed by atoms with Crippen molar-refractivity contribution in [2.45, 2.75) is 26.7 Å². The van der Waals surface area contributed by atoms with Crippen LogP contribution in [0.15, 0.2) is 0 Å². The maximum absolute atomic E-state index is 9.82. The van der Waals surface area contributed by atoms with E-state index in [1.165, 1.54) is 6.92 Å². The Bertz CT molecular complexity index is 89.1. The van der Waals surface area contributed by atoms with Gasteiger partial charge in [0.1, 0.15) is 0 Å². The Kier molecular flexibility index (Phi) is 15.1. The van der Waals surface area contributed by atoms with Crippen molar-refractivity contribution in [3.63, 3.8) is 0 Å². The first-order chi connectivity index (χ1) is 5.68. The summed E-state index contributed by atoms with van der Waals surface area (Å²) in [6.45, 7) is 4.04. The average molecular weight is 178 g/mol. The van der Waals surface area contributed by atoms with Gasteiger partial charge in [-0.15, -0.1) is 0 Å². The summed E-state index contributed by atoms with van der Waals surface area (Å²) in [6, 6.07) is 0. The molecule has 2 N–H and O–H groups in total. The lowest BCUT2D eigenvalue weighted by Crippen LogP contribution is -1.95. The monoisotopic (exact) mass is 178 g/mol. The number of carbonyl (C=O) groups excluding carboxylic acids is 1. The van der Waals surface area contributed by atoms with E-state index in [2.05, 4.69) is 4.74 Å². The Morgan fingerprint density at radius 1 is 1.25 bits per heavy atom. The Morgan fingerprint density at radius 3 is 1.75 bits per heavy atom. The van der Waals surface area contributed by atoms with Crippen molar-refractivity contribution in [3.8, 4) is 0 Å². The van der Waals surface area contributed by atoms with E-state index in [1.54, 1.807) is 6.92 Å². The largest absolute Gasteiger partial charge is 0.466 e. The van der Waals surface area contributed by atoms with Crippen LogP contribution < -0.4 is 0 Å². The van der Waals surface area contributed by atoms with E-state index in [0.29, 0.717) is 6.61 Å². The Labute approximate surface area is 73.2 Å². The second kappa shape index (κ2) is 13.0. The molecule has 0 aromatic carbocycles. The number of unbranched alkanes of at least 4 members (excludes halogenated alkanes) is 1. The highest BCUT2D eigenvalue weighted by Crippen LogP contribution is 1.80. The molecule has 0 radical (unpaired) electrons. The summed E-state index contributed by atoms with van der Waals surface area (Å²) < 4.78 is 4.40. The zero-order chi connectivity index (χ0) is 9.82. The van der Waals surface area contributed by atoms with Crippen LogP contribution in [0.5, 0.6) is 0 Å². The number of hydrogen-bond acceptors (Lipinski definition) is 4. The van der Waals surface area contributed by atoms with Crippen molar-refractivity contribution in [1.82, 2.24) is 0 Å². The fraction of sp³-hybridized carbons (Fsp3) is 0.875. The van der Waals surface area contributed by atoms with Crippen LogP contribution in [0.25, 0.3) is 0 Å². The lowest BCUT2D eigenvalue weighted by atomic mass is 10.3. The average Bonchev–Trinajstić information content (AvgIpc) is 2.02. The Morgan fingerprint density at radius 2 is 1.67 bits per heavy atom. The molecule has 0 rings (SSSR count). The van der Waals surface area contributed by atoms with Crippen molar-refractivity contribution in [2.24, 2.45) is 0 Å². The maximum Gasteiger partial charge on any atom is 0.302 e. The molecule has 0 spiro atoms. The molecule has 0 aromatic rings. The fourth-order valence-electron chi connectivity index (χ4n) is 0.427. The van der Waals surface area contributed by atoms with Crippen LogP contribution in [0, 0.1) is 0 Å². The molecule has 0 bridgehead atoms. The lowest BCUT2D eigenvalue weighted by Gasteiger charge is -1.89. The van der Waals surface area contributed by atoms with Crippen LogP contribution in [0.2, 0.25) is 0 Å². The van der Waals surface area contributed by atoms with Gasteiger partial charge in [-0.25, -0.2) is 0 Å². The SMILES string of the molecule is CCOC(C)=O.OCCCCO. The molecule has 74 valence electrons. The highest BCUT2D eigenvalue weighted by Gasteiger charge is 1.81. The molecule has 4 heteroatoms. The predicted octanol–water partition coefficient (Wildman–Crippen LogP) is 0.321. The number of ether oxygens (including phenoxy) is 1. The van der Waals surface area contributed by atoms with Gasteiger partial charge >= 0.3 is 5.97 Å². The van der Waals surface area contributed by atoms with Crippen LogP contribution >= 0.6 is 0 Å². The van der Waals surface area contributed by atoms with E-state index >= 15 is 0 Å². The standard InChI is InChI=1S/C4H8O2.C4H10O2/c1-3-6-4(2)5;5-3-1-2-4-6/h3H2,1-2H3;5-6H,1-4H2. The van der Waals surface area contributed by atoms with Gasteiger partial charge in [-0.2, -0.15) is 0 Å². The van der Waals surface area contributed by atoms with Crippen LogP contribution in [0.4, 0.5) is 0 Å². The van der Waals surface area contributed by atoms with Crippen LogP contribution in [0.1, 0.15) is 26.7 Å². The minimum Gasteiger partial charge on any atom is -0.466 e. The van der Waals surface area contributed by atoms with Crippen LogP contribution in [0.3, 0.4) is 0 Å². The molecule has 0 aliphatic rings. The Balaban J connectivity index is 0. The first kappa shape index (κ1) is 13.9. The summed E-state index contributed by atoms with van der Waals surface area (Å²) in [7, 11) is 0. The minimum absolute atomic E-state index is 0.195. The smallest absolute Gasteiger partial charge is 0.302 e. The quantitative estimate of drug-likeness (QED) is 0.480. The normalized spacial score (nSPS) is 8.33. The topological polar surface area (TPSA) is 66.8 Å². The summed E-state index contributed by atoms with van der Waals surface area (Å²) in [5.74, 6) is -0.211. The van der Waals surface area contributed by atoms with Crippen LogP contribution in [-0.2, 0) is 9.53 Å². The lowest BCUT2D eigenvalue weighted by molar-refractivity contribution is -0.140. The number of aliphatic hydroxyl groups is 2. The highest BCUT2D eigenvalue weighted by molar-refractivity contribution is 5.65. The number of rotatable bonds is 4. The van der Waals surface area contributed by atoms with Gasteiger partial charge in [0.2, 0.25) is 0 Å². The van der Waals surface area contributed by atoms with E-state index in [9.17, 15) is 4.79 Å². The van der Waals surface area contributed by atoms with Gasteiger partial charge < -0.3 is 14.9 Å². The van der Waals surface area contributed by atoms with E-state index in [-0.39, 0.29) is 19.2 Å². The van der Waals surface area contributed by atoms with Gasteiger partial charge in [-0.05, 0) is 19.8 Å². The van der Waals surface area contributed by atoms with Crippen molar-refractivity contribution >= 4 is 5.97 Å².